The molecule has 0 amide bonds. The largest absolute Gasteiger partial charge is 0.410 e. The zero-order valence-electron chi connectivity index (χ0n) is 17.9. The van der Waals surface area contributed by atoms with Gasteiger partial charge in [-0.2, -0.15) is 0 Å². The number of fused-ring (bicyclic) bond motifs is 3. The quantitative estimate of drug-likeness (QED) is 0.248. The van der Waals surface area contributed by atoms with Crippen LogP contribution >= 0.6 is 11.6 Å². The van der Waals surface area contributed by atoms with E-state index in [1.807, 2.05) is 37.3 Å². The van der Waals surface area contributed by atoms with Gasteiger partial charge in [-0.15, -0.1) is 0 Å². The van der Waals surface area contributed by atoms with Crippen LogP contribution in [0, 0.1) is 6.92 Å². The number of benzene rings is 3. The number of hydrogen-bond donors (Lipinski definition) is 1. The minimum absolute atomic E-state index is 0.0542. The van der Waals surface area contributed by atoms with Crippen molar-refractivity contribution in [3.05, 3.63) is 93.5 Å². The third kappa shape index (κ3) is 3.24. The Morgan fingerprint density at radius 1 is 0.900 bits per heavy atom. The highest BCUT2D eigenvalue weighted by Gasteiger charge is 2.42. The summed E-state index contributed by atoms with van der Waals surface area (Å²) in [5.41, 5.74) is 8.77. The van der Waals surface area contributed by atoms with Gasteiger partial charge >= 0.3 is 0 Å². The van der Waals surface area contributed by atoms with Crippen LogP contribution < -0.4 is 0 Å². The molecule has 4 rings (SSSR count). The molecule has 0 saturated carbocycles. The fraction of sp³-hybridized carbons (Fsp3) is 0.296. The fourth-order valence-corrected chi connectivity index (χ4v) is 5.41. The highest BCUT2D eigenvalue weighted by Crippen LogP contribution is 2.54. The molecule has 1 N–H and O–H groups in total. The van der Waals surface area contributed by atoms with Gasteiger partial charge in [0.15, 0.2) is 0 Å². The maximum Gasteiger partial charge on any atom is 0.117 e. The van der Waals surface area contributed by atoms with Gasteiger partial charge in [-0.3, -0.25) is 0 Å². The third-order valence-corrected chi connectivity index (χ3v) is 6.68. The summed E-state index contributed by atoms with van der Waals surface area (Å²) in [4.78, 5) is 0. The summed E-state index contributed by atoms with van der Waals surface area (Å²) in [5, 5.41) is 14.4. The topological polar surface area (TPSA) is 32.6 Å². The highest BCUT2D eigenvalue weighted by atomic mass is 35.5. The number of aryl methyl sites for hydroxylation is 1. The second-order valence-electron chi connectivity index (χ2n) is 8.30. The van der Waals surface area contributed by atoms with Crippen LogP contribution in [0.15, 0.2) is 65.8 Å². The summed E-state index contributed by atoms with van der Waals surface area (Å²) in [5.74, 6) is 0. The SMILES string of the molecule is CCCC1(CCC)c2cc(Cl)ccc2-c2ccc(C(=NO)c3ccccc3C)cc21. The molecule has 0 spiro atoms. The summed E-state index contributed by atoms with van der Waals surface area (Å²) in [6.45, 7) is 6.54. The first kappa shape index (κ1) is 20.7. The minimum Gasteiger partial charge on any atom is -0.410 e. The van der Waals surface area contributed by atoms with Crippen molar-refractivity contribution in [2.75, 3.05) is 0 Å². The Bertz CT molecular complexity index is 1110. The second kappa shape index (κ2) is 8.28. The molecule has 1 aliphatic rings. The maximum atomic E-state index is 9.92. The van der Waals surface area contributed by atoms with E-state index in [1.54, 1.807) is 0 Å². The summed E-state index contributed by atoms with van der Waals surface area (Å²) >= 11 is 6.44. The van der Waals surface area contributed by atoms with E-state index in [1.165, 1.54) is 22.3 Å². The molecule has 0 atom stereocenters. The molecule has 3 heteroatoms. The Hall–Kier alpha value is -2.58. The Kier molecular flexibility index (Phi) is 5.71. The van der Waals surface area contributed by atoms with Gasteiger partial charge in [0.25, 0.3) is 0 Å². The molecule has 0 unspecified atom stereocenters. The van der Waals surface area contributed by atoms with Crippen molar-refractivity contribution in [3.8, 4) is 11.1 Å². The molecule has 0 aliphatic heterocycles. The van der Waals surface area contributed by atoms with Crippen LogP contribution in [0.5, 0.6) is 0 Å². The van der Waals surface area contributed by atoms with Gasteiger partial charge in [-0.25, -0.2) is 0 Å². The van der Waals surface area contributed by atoms with Crippen LogP contribution in [0.1, 0.15) is 67.3 Å². The molecule has 1 aliphatic carbocycles. The molecule has 154 valence electrons. The van der Waals surface area contributed by atoms with Crippen molar-refractivity contribution >= 4 is 17.3 Å². The maximum absolute atomic E-state index is 9.92. The van der Waals surface area contributed by atoms with Crippen molar-refractivity contribution in [3.63, 3.8) is 0 Å². The third-order valence-electron chi connectivity index (χ3n) is 6.45. The van der Waals surface area contributed by atoms with Crippen LogP contribution in [0.4, 0.5) is 0 Å². The first-order valence-electron chi connectivity index (χ1n) is 10.8. The van der Waals surface area contributed by atoms with Gasteiger partial charge in [0.1, 0.15) is 5.71 Å². The van der Waals surface area contributed by atoms with Crippen molar-refractivity contribution in [2.45, 2.75) is 51.9 Å². The summed E-state index contributed by atoms with van der Waals surface area (Å²) < 4.78 is 0. The first-order chi connectivity index (χ1) is 14.6. The molecule has 0 fully saturated rings. The van der Waals surface area contributed by atoms with E-state index in [-0.39, 0.29) is 5.41 Å². The molecule has 3 aromatic rings. The number of rotatable bonds is 6. The van der Waals surface area contributed by atoms with E-state index in [0.29, 0.717) is 5.71 Å². The van der Waals surface area contributed by atoms with E-state index in [9.17, 15) is 5.21 Å². The molecule has 0 bridgehead atoms. The Balaban J connectivity index is 1.94. The van der Waals surface area contributed by atoms with Gasteiger partial charge < -0.3 is 5.21 Å². The monoisotopic (exact) mass is 417 g/mol. The predicted octanol–water partition coefficient (Wildman–Crippen LogP) is 7.74. The van der Waals surface area contributed by atoms with E-state index < -0.39 is 0 Å². The van der Waals surface area contributed by atoms with Gasteiger partial charge in [0.05, 0.1) is 0 Å². The fourth-order valence-electron chi connectivity index (χ4n) is 5.24. The molecule has 0 saturated heterocycles. The Morgan fingerprint density at radius 3 is 2.17 bits per heavy atom. The van der Waals surface area contributed by atoms with E-state index >= 15 is 0 Å². The number of hydrogen-bond acceptors (Lipinski definition) is 2. The number of nitrogens with zero attached hydrogens (tertiary/aromatic N) is 1. The predicted molar refractivity (Wildman–Crippen MR) is 126 cm³/mol. The lowest BCUT2D eigenvalue weighted by molar-refractivity contribution is 0.319. The zero-order valence-corrected chi connectivity index (χ0v) is 18.6. The average molecular weight is 418 g/mol. The van der Waals surface area contributed by atoms with Crippen molar-refractivity contribution < 1.29 is 5.21 Å². The average Bonchev–Trinajstić information content (AvgIpc) is 2.99. The minimum atomic E-state index is -0.0542. The van der Waals surface area contributed by atoms with Crippen LogP contribution in [-0.4, -0.2) is 10.9 Å². The Labute approximate surface area is 184 Å². The van der Waals surface area contributed by atoms with Crippen LogP contribution in [0.3, 0.4) is 0 Å². The molecule has 0 radical (unpaired) electrons. The van der Waals surface area contributed by atoms with E-state index in [2.05, 4.69) is 49.3 Å². The smallest absolute Gasteiger partial charge is 0.117 e. The first-order valence-corrected chi connectivity index (χ1v) is 11.2. The summed E-state index contributed by atoms with van der Waals surface area (Å²) in [7, 11) is 0. The van der Waals surface area contributed by atoms with Gasteiger partial charge in [-0.05, 0) is 65.8 Å². The second-order valence-corrected chi connectivity index (χ2v) is 8.73. The normalized spacial score (nSPS) is 14.5. The van der Waals surface area contributed by atoms with Gasteiger partial charge in [-0.1, -0.05) is 85.9 Å². The van der Waals surface area contributed by atoms with Crippen LogP contribution in [0.2, 0.25) is 5.02 Å². The van der Waals surface area contributed by atoms with Crippen LogP contribution in [0.25, 0.3) is 11.1 Å². The molecule has 0 aromatic heterocycles. The molecular formula is C27H28ClNO. The van der Waals surface area contributed by atoms with E-state index in [0.717, 1.165) is 47.4 Å². The lowest BCUT2D eigenvalue weighted by Gasteiger charge is -2.32. The number of oxime groups is 1. The molecule has 2 nitrogen and oxygen atoms in total. The van der Waals surface area contributed by atoms with Gasteiger partial charge in [0.2, 0.25) is 0 Å². The molecular weight excluding hydrogens is 390 g/mol. The lowest BCUT2D eigenvalue weighted by Crippen LogP contribution is -2.25. The summed E-state index contributed by atoms with van der Waals surface area (Å²) in [6.07, 6.45) is 4.32. The Morgan fingerprint density at radius 2 is 1.53 bits per heavy atom. The highest BCUT2D eigenvalue weighted by molar-refractivity contribution is 6.30. The number of halogens is 1. The van der Waals surface area contributed by atoms with E-state index in [4.69, 9.17) is 11.6 Å². The van der Waals surface area contributed by atoms with Crippen molar-refractivity contribution in [1.82, 2.24) is 0 Å². The van der Waals surface area contributed by atoms with Gasteiger partial charge in [0, 0.05) is 21.6 Å². The zero-order chi connectivity index (χ0) is 21.3. The lowest BCUT2D eigenvalue weighted by atomic mass is 9.71. The molecule has 3 aromatic carbocycles. The van der Waals surface area contributed by atoms with Crippen molar-refractivity contribution in [2.24, 2.45) is 5.16 Å². The standard InChI is InChI=1S/C27H28ClNO/c1-4-14-27(15-5-2)24-16-19(26(29-30)21-9-7-6-8-18(21)3)10-12-22(24)23-13-11-20(28)17-25(23)27/h6-13,16-17,30H,4-5,14-15H2,1-3H3. The molecule has 0 heterocycles. The molecule has 30 heavy (non-hydrogen) atoms. The summed E-state index contributed by atoms with van der Waals surface area (Å²) in [6, 6.07) is 20.9. The van der Waals surface area contributed by atoms with Crippen molar-refractivity contribution in [1.29, 1.82) is 0 Å². The van der Waals surface area contributed by atoms with Crippen LogP contribution in [-0.2, 0) is 5.41 Å².